The van der Waals surface area contributed by atoms with Crippen LogP contribution in [0.1, 0.15) is 44.6 Å². The minimum absolute atomic E-state index is 0.0296. The number of benzene rings is 3. The fourth-order valence-electron chi connectivity index (χ4n) is 5.25. The second-order valence-corrected chi connectivity index (χ2v) is 12.2. The molecule has 2 amide bonds. The van der Waals surface area contributed by atoms with Crippen LogP contribution in [0.4, 0.5) is 11.4 Å². The Labute approximate surface area is 246 Å². The third-order valence-corrected chi connectivity index (χ3v) is 9.32. The van der Waals surface area contributed by atoms with E-state index in [1.807, 2.05) is 37.3 Å². The van der Waals surface area contributed by atoms with Gasteiger partial charge in [-0.05, 0) is 55.5 Å². The highest BCUT2D eigenvalue weighted by molar-refractivity contribution is 7.92. The summed E-state index contributed by atoms with van der Waals surface area (Å²) in [5.74, 6) is -0.796. The zero-order valence-corrected chi connectivity index (χ0v) is 24.4. The van der Waals surface area contributed by atoms with Gasteiger partial charge in [-0.25, -0.2) is 8.42 Å². The van der Waals surface area contributed by atoms with Crippen molar-refractivity contribution < 1.29 is 22.9 Å². The molecule has 0 aromatic heterocycles. The zero-order valence-electron chi connectivity index (χ0n) is 23.6. The van der Waals surface area contributed by atoms with E-state index in [1.165, 1.54) is 41.3 Å². The first-order valence-corrected chi connectivity index (χ1v) is 15.6. The fraction of sp³-hybridized carbons (Fsp3) is 0.355. The van der Waals surface area contributed by atoms with Crippen LogP contribution in [0, 0.1) is 10.1 Å². The number of nitro benzene ring substituents is 1. The maximum Gasteiger partial charge on any atom is 0.269 e. The molecule has 0 aliphatic heterocycles. The van der Waals surface area contributed by atoms with E-state index in [1.54, 1.807) is 18.2 Å². The number of hydrogen-bond donors (Lipinski definition) is 1. The van der Waals surface area contributed by atoms with E-state index >= 15 is 0 Å². The summed E-state index contributed by atoms with van der Waals surface area (Å²) in [6, 6.07) is 21.5. The van der Waals surface area contributed by atoms with Crippen molar-refractivity contribution >= 4 is 33.2 Å². The molecule has 1 N–H and O–H groups in total. The van der Waals surface area contributed by atoms with Crippen molar-refractivity contribution in [3.8, 4) is 0 Å². The van der Waals surface area contributed by atoms with Crippen LogP contribution >= 0.6 is 0 Å². The summed E-state index contributed by atoms with van der Waals surface area (Å²) < 4.78 is 28.6. The summed E-state index contributed by atoms with van der Waals surface area (Å²) in [6.07, 6.45) is 4.69. The van der Waals surface area contributed by atoms with Crippen molar-refractivity contribution in [2.75, 3.05) is 17.4 Å². The average Bonchev–Trinajstić information content (AvgIpc) is 3.51. The van der Waals surface area contributed by atoms with E-state index in [9.17, 15) is 28.1 Å². The van der Waals surface area contributed by atoms with Crippen molar-refractivity contribution in [3.05, 3.63) is 101 Å². The molecule has 3 aromatic rings. The largest absolute Gasteiger partial charge is 0.352 e. The highest BCUT2D eigenvalue weighted by atomic mass is 32.2. The van der Waals surface area contributed by atoms with Crippen molar-refractivity contribution in [3.63, 3.8) is 0 Å². The van der Waals surface area contributed by atoms with Gasteiger partial charge in [0.1, 0.15) is 12.6 Å². The van der Waals surface area contributed by atoms with Gasteiger partial charge in [-0.1, -0.05) is 68.3 Å². The Morgan fingerprint density at radius 3 is 2.12 bits per heavy atom. The number of amides is 2. The van der Waals surface area contributed by atoms with Gasteiger partial charge in [0.15, 0.2) is 0 Å². The lowest BCUT2D eigenvalue weighted by atomic mass is 10.1. The Hall–Kier alpha value is -4.25. The Kier molecular flexibility index (Phi) is 10.3. The number of nitrogens with zero attached hydrogens (tertiary/aromatic N) is 3. The van der Waals surface area contributed by atoms with Gasteiger partial charge in [0.2, 0.25) is 11.8 Å². The molecule has 0 radical (unpaired) electrons. The van der Waals surface area contributed by atoms with Gasteiger partial charge in [-0.3, -0.25) is 24.0 Å². The minimum atomic E-state index is -4.24. The molecule has 10 nitrogen and oxygen atoms in total. The second-order valence-electron chi connectivity index (χ2n) is 10.3. The van der Waals surface area contributed by atoms with Gasteiger partial charge in [-0.2, -0.15) is 0 Å². The van der Waals surface area contributed by atoms with Crippen molar-refractivity contribution in [1.29, 1.82) is 0 Å². The van der Waals surface area contributed by atoms with Crippen LogP contribution in [0.15, 0.2) is 89.8 Å². The molecule has 1 saturated carbocycles. The van der Waals surface area contributed by atoms with E-state index in [0.29, 0.717) is 12.8 Å². The number of anilines is 1. The molecule has 1 aliphatic rings. The molecule has 11 heteroatoms. The third-order valence-electron chi connectivity index (χ3n) is 7.53. The van der Waals surface area contributed by atoms with E-state index in [2.05, 4.69) is 5.32 Å². The Morgan fingerprint density at radius 1 is 0.952 bits per heavy atom. The van der Waals surface area contributed by atoms with Gasteiger partial charge in [0, 0.05) is 24.7 Å². The normalized spacial score (nSPS) is 14.2. The number of sulfonamides is 1. The maximum atomic E-state index is 14.1. The number of nitro groups is 1. The first kappa shape index (κ1) is 30.7. The molecule has 1 unspecified atom stereocenters. The SMILES string of the molecule is CCC(C(=O)NC1CCCC1)N(CCc1ccccc1)C(=O)CN(c1ccc([N+](=O)[O-])cc1)S(=O)(=O)c1ccccc1. The van der Waals surface area contributed by atoms with E-state index in [-0.39, 0.29) is 34.8 Å². The van der Waals surface area contributed by atoms with E-state index in [0.717, 1.165) is 35.6 Å². The number of carbonyl (C=O) groups excluding carboxylic acids is 2. The van der Waals surface area contributed by atoms with Crippen LogP contribution < -0.4 is 9.62 Å². The molecule has 0 saturated heterocycles. The van der Waals surface area contributed by atoms with E-state index in [4.69, 9.17) is 0 Å². The first-order chi connectivity index (χ1) is 20.2. The van der Waals surface area contributed by atoms with E-state index < -0.39 is 33.4 Å². The predicted molar refractivity (Wildman–Crippen MR) is 160 cm³/mol. The van der Waals surface area contributed by atoms with Crippen molar-refractivity contribution in [2.24, 2.45) is 0 Å². The predicted octanol–water partition coefficient (Wildman–Crippen LogP) is 4.70. The second kappa shape index (κ2) is 14.1. The molecule has 1 fully saturated rings. The number of non-ortho nitro benzene ring substituents is 1. The first-order valence-electron chi connectivity index (χ1n) is 14.2. The molecule has 0 heterocycles. The summed E-state index contributed by atoms with van der Waals surface area (Å²) in [7, 11) is -4.24. The van der Waals surface area contributed by atoms with Gasteiger partial charge < -0.3 is 10.2 Å². The monoisotopic (exact) mass is 592 g/mol. The van der Waals surface area contributed by atoms with Gasteiger partial charge in [-0.15, -0.1) is 0 Å². The van der Waals surface area contributed by atoms with Crippen LogP contribution in [0.2, 0.25) is 0 Å². The summed E-state index contributed by atoms with van der Waals surface area (Å²) in [6.45, 7) is 1.45. The van der Waals surface area contributed by atoms with Crippen LogP contribution in [0.25, 0.3) is 0 Å². The number of carbonyl (C=O) groups is 2. The Bertz CT molecular complexity index is 1460. The number of hydrogen-bond acceptors (Lipinski definition) is 6. The molecule has 42 heavy (non-hydrogen) atoms. The van der Waals surface area contributed by atoms with Gasteiger partial charge in [0.05, 0.1) is 15.5 Å². The molecule has 1 aliphatic carbocycles. The molecular weight excluding hydrogens is 556 g/mol. The summed E-state index contributed by atoms with van der Waals surface area (Å²) >= 11 is 0. The highest BCUT2D eigenvalue weighted by Crippen LogP contribution is 2.27. The topological polar surface area (TPSA) is 130 Å². The highest BCUT2D eigenvalue weighted by Gasteiger charge is 2.34. The molecular formula is C31H36N4O6S. The van der Waals surface area contributed by atoms with Crippen molar-refractivity contribution in [1.82, 2.24) is 10.2 Å². The van der Waals surface area contributed by atoms with Crippen molar-refractivity contribution in [2.45, 2.75) is 62.4 Å². The smallest absolute Gasteiger partial charge is 0.269 e. The standard InChI is InChI=1S/C31H36N4O6S/c1-2-29(31(37)32-25-13-9-10-14-25)33(22-21-24-11-5-3-6-12-24)30(36)23-34(26-17-19-27(20-18-26)35(38)39)42(40,41)28-15-7-4-8-16-28/h3-8,11-12,15-20,25,29H,2,9-10,13-14,21-23H2,1H3,(H,32,37). The number of rotatable bonds is 13. The third kappa shape index (κ3) is 7.52. The molecule has 0 spiro atoms. The lowest BCUT2D eigenvalue weighted by Crippen LogP contribution is -2.54. The van der Waals surface area contributed by atoms with Gasteiger partial charge in [0.25, 0.3) is 15.7 Å². The fourth-order valence-corrected chi connectivity index (χ4v) is 6.69. The minimum Gasteiger partial charge on any atom is -0.352 e. The van der Waals surface area contributed by atoms with Gasteiger partial charge >= 0.3 is 0 Å². The van der Waals surface area contributed by atoms with Crippen LogP contribution in [0.5, 0.6) is 0 Å². The molecule has 4 rings (SSSR count). The molecule has 1 atom stereocenters. The quantitative estimate of drug-likeness (QED) is 0.226. The molecule has 222 valence electrons. The molecule has 0 bridgehead atoms. The molecule has 3 aromatic carbocycles. The lowest BCUT2D eigenvalue weighted by Gasteiger charge is -2.33. The number of nitrogens with one attached hydrogen (secondary N) is 1. The average molecular weight is 593 g/mol. The lowest BCUT2D eigenvalue weighted by molar-refractivity contribution is -0.384. The summed E-state index contributed by atoms with van der Waals surface area (Å²) in [4.78, 5) is 39.6. The summed E-state index contributed by atoms with van der Waals surface area (Å²) in [5, 5.41) is 14.3. The maximum absolute atomic E-state index is 14.1. The Morgan fingerprint density at radius 2 is 1.55 bits per heavy atom. The zero-order chi connectivity index (χ0) is 30.1. The van der Waals surface area contributed by atoms with Crippen LogP contribution in [0.3, 0.4) is 0 Å². The Balaban J connectivity index is 1.68. The van der Waals surface area contributed by atoms with Crippen LogP contribution in [-0.2, 0) is 26.0 Å². The summed E-state index contributed by atoms with van der Waals surface area (Å²) in [5.41, 5.74) is 0.871. The van der Waals surface area contributed by atoms with Crippen LogP contribution in [-0.4, -0.2) is 55.2 Å².